The monoisotopic (exact) mass is 419 g/mol. The van der Waals surface area contributed by atoms with E-state index in [2.05, 4.69) is 62.2 Å². The number of para-hydroxylation sites is 1. The summed E-state index contributed by atoms with van der Waals surface area (Å²) in [7, 11) is 0. The van der Waals surface area contributed by atoms with Crippen LogP contribution in [-0.2, 0) is 0 Å². The number of hydrogen-bond donors (Lipinski definition) is 1. The Hall–Kier alpha value is -1.92. The smallest absolute Gasteiger partial charge is 0.252 e. The van der Waals surface area contributed by atoms with E-state index in [1.54, 1.807) is 0 Å². The molecular weight excluding hydrogens is 397 g/mol. The predicted octanol–water partition coefficient (Wildman–Crippen LogP) is 3.53. The van der Waals surface area contributed by atoms with Crippen LogP contribution in [0, 0.1) is 5.82 Å². The molecule has 6 heteroatoms. The molecule has 138 valence electrons. The maximum atomic E-state index is 13.1. The third-order valence-electron chi connectivity index (χ3n) is 4.79. The van der Waals surface area contributed by atoms with Crippen LogP contribution in [0.5, 0.6) is 0 Å². The Labute approximate surface area is 162 Å². The van der Waals surface area contributed by atoms with Crippen LogP contribution >= 0.6 is 15.9 Å². The quantitative estimate of drug-likeness (QED) is 0.804. The first-order valence-electron chi connectivity index (χ1n) is 8.82. The van der Waals surface area contributed by atoms with E-state index in [9.17, 15) is 9.18 Å². The molecule has 0 saturated carbocycles. The number of benzene rings is 2. The van der Waals surface area contributed by atoms with Crippen LogP contribution in [-0.4, -0.2) is 49.6 Å². The lowest BCUT2D eigenvalue weighted by molar-refractivity contribution is 0.0933. The molecule has 0 aliphatic carbocycles. The lowest BCUT2D eigenvalue weighted by Gasteiger charge is -2.39. The third-order valence-corrected chi connectivity index (χ3v) is 5.45. The van der Waals surface area contributed by atoms with Gasteiger partial charge in [-0.2, -0.15) is 0 Å². The predicted molar refractivity (Wildman–Crippen MR) is 106 cm³/mol. The Bertz CT molecular complexity index is 748. The minimum atomic E-state index is -0.363. The molecule has 1 heterocycles. The molecule has 0 bridgehead atoms. The number of carbonyl (C=O) groups is 1. The fourth-order valence-electron chi connectivity index (χ4n) is 3.20. The van der Waals surface area contributed by atoms with E-state index in [4.69, 9.17) is 0 Å². The van der Waals surface area contributed by atoms with Gasteiger partial charge in [-0.15, -0.1) is 0 Å². The van der Waals surface area contributed by atoms with Crippen molar-refractivity contribution in [2.75, 3.05) is 37.6 Å². The normalized spacial score (nSPS) is 16.3. The van der Waals surface area contributed by atoms with Crippen LogP contribution in [0.25, 0.3) is 0 Å². The van der Waals surface area contributed by atoms with Gasteiger partial charge in [0.2, 0.25) is 0 Å². The van der Waals surface area contributed by atoms with Crippen molar-refractivity contribution < 1.29 is 9.18 Å². The summed E-state index contributed by atoms with van der Waals surface area (Å²) < 4.78 is 13.6. The van der Waals surface area contributed by atoms with Crippen molar-refractivity contribution in [3.05, 3.63) is 64.4 Å². The number of carbonyl (C=O) groups excluding carboxylic acids is 1. The summed E-state index contributed by atoms with van der Waals surface area (Å²) in [6, 6.07) is 14.8. The molecule has 1 N–H and O–H groups in total. The summed E-state index contributed by atoms with van der Waals surface area (Å²) in [4.78, 5) is 17.1. The van der Waals surface area contributed by atoms with E-state index >= 15 is 0 Å². The number of amides is 1. The van der Waals surface area contributed by atoms with Gasteiger partial charge in [0.1, 0.15) is 5.82 Å². The highest BCUT2D eigenvalue weighted by Crippen LogP contribution is 2.18. The fraction of sp³-hybridized carbons (Fsp3) is 0.350. The Morgan fingerprint density at radius 3 is 2.50 bits per heavy atom. The van der Waals surface area contributed by atoms with Crippen LogP contribution in [0.15, 0.2) is 53.0 Å². The molecule has 1 amide bonds. The highest BCUT2D eigenvalue weighted by atomic mass is 79.9. The van der Waals surface area contributed by atoms with E-state index in [0.717, 1.165) is 26.2 Å². The topological polar surface area (TPSA) is 35.6 Å². The highest BCUT2D eigenvalue weighted by molar-refractivity contribution is 9.10. The van der Waals surface area contributed by atoms with Gasteiger partial charge in [0, 0.05) is 48.9 Å². The van der Waals surface area contributed by atoms with Crippen molar-refractivity contribution in [3.8, 4) is 0 Å². The zero-order valence-electron chi connectivity index (χ0n) is 14.8. The Kier molecular flexibility index (Phi) is 6.27. The van der Waals surface area contributed by atoms with Crippen molar-refractivity contribution in [3.63, 3.8) is 0 Å². The maximum Gasteiger partial charge on any atom is 0.252 e. The summed E-state index contributed by atoms with van der Waals surface area (Å²) in [6.45, 7) is 6.57. The van der Waals surface area contributed by atoms with Crippen molar-refractivity contribution in [1.82, 2.24) is 10.2 Å². The molecule has 1 fully saturated rings. The molecule has 26 heavy (non-hydrogen) atoms. The average molecular weight is 420 g/mol. The van der Waals surface area contributed by atoms with Gasteiger partial charge in [0.05, 0.1) is 5.56 Å². The van der Waals surface area contributed by atoms with Gasteiger partial charge in [0.15, 0.2) is 0 Å². The minimum absolute atomic E-state index is 0.188. The molecular formula is C20H23BrFN3O. The van der Waals surface area contributed by atoms with Gasteiger partial charge in [-0.25, -0.2) is 4.39 Å². The maximum absolute atomic E-state index is 13.1. The third kappa shape index (κ3) is 4.62. The van der Waals surface area contributed by atoms with Crippen molar-refractivity contribution >= 4 is 27.5 Å². The second-order valence-corrected chi connectivity index (χ2v) is 7.40. The molecule has 1 unspecified atom stereocenters. The van der Waals surface area contributed by atoms with Gasteiger partial charge in [-0.1, -0.05) is 18.2 Å². The van der Waals surface area contributed by atoms with Crippen molar-refractivity contribution in [1.29, 1.82) is 0 Å². The Morgan fingerprint density at radius 2 is 1.85 bits per heavy atom. The molecule has 2 aromatic rings. The van der Waals surface area contributed by atoms with Crippen molar-refractivity contribution in [2.45, 2.75) is 13.0 Å². The second kappa shape index (κ2) is 8.64. The molecule has 0 spiro atoms. The lowest BCUT2D eigenvalue weighted by Crippen LogP contribution is -2.52. The van der Waals surface area contributed by atoms with Gasteiger partial charge in [0.25, 0.3) is 5.91 Å². The highest BCUT2D eigenvalue weighted by Gasteiger charge is 2.22. The molecule has 1 aliphatic heterocycles. The largest absolute Gasteiger partial charge is 0.369 e. The van der Waals surface area contributed by atoms with Crippen LogP contribution in [0.4, 0.5) is 10.1 Å². The summed E-state index contributed by atoms with van der Waals surface area (Å²) in [5.74, 6) is -0.551. The van der Waals surface area contributed by atoms with Crippen LogP contribution in [0.3, 0.4) is 0 Å². The summed E-state index contributed by atoms with van der Waals surface area (Å²) in [5, 5.41) is 2.95. The standard InChI is InChI=1S/C20H23BrFN3O/c1-15(14-23-20(26)18-8-7-16(22)13-19(18)21)24-9-11-25(12-10-24)17-5-3-2-4-6-17/h2-8,13,15H,9-12,14H2,1H3,(H,23,26). The molecule has 3 rings (SSSR count). The van der Waals surface area contributed by atoms with Gasteiger partial charge in [-0.05, 0) is 53.2 Å². The first kappa shape index (κ1) is 18.9. The van der Waals surface area contributed by atoms with Crippen LogP contribution < -0.4 is 10.2 Å². The van der Waals surface area contributed by atoms with Gasteiger partial charge < -0.3 is 10.2 Å². The van der Waals surface area contributed by atoms with Crippen LogP contribution in [0.2, 0.25) is 0 Å². The molecule has 1 aliphatic rings. The first-order chi connectivity index (χ1) is 12.5. The van der Waals surface area contributed by atoms with E-state index in [0.29, 0.717) is 16.6 Å². The lowest BCUT2D eigenvalue weighted by atomic mass is 10.2. The number of hydrogen-bond acceptors (Lipinski definition) is 3. The summed E-state index contributed by atoms with van der Waals surface area (Å²) in [5.41, 5.74) is 1.71. The molecule has 1 atom stereocenters. The summed E-state index contributed by atoms with van der Waals surface area (Å²) in [6.07, 6.45) is 0. The number of piperazine rings is 1. The number of nitrogens with zero attached hydrogens (tertiary/aromatic N) is 2. The molecule has 4 nitrogen and oxygen atoms in total. The first-order valence-corrected chi connectivity index (χ1v) is 9.61. The number of anilines is 1. The fourth-order valence-corrected chi connectivity index (χ4v) is 3.73. The SMILES string of the molecule is CC(CNC(=O)c1ccc(F)cc1Br)N1CCN(c2ccccc2)CC1. The summed E-state index contributed by atoms with van der Waals surface area (Å²) >= 11 is 3.24. The molecule has 0 aromatic heterocycles. The number of rotatable bonds is 5. The molecule has 1 saturated heterocycles. The Balaban J connectivity index is 1.48. The van der Waals surface area contributed by atoms with Crippen molar-refractivity contribution in [2.24, 2.45) is 0 Å². The van der Waals surface area contributed by atoms with Crippen LogP contribution in [0.1, 0.15) is 17.3 Å². The number of nitrogens with one attached hydrogen (secondary N) is 1. The molecule has 0 radical (unpaired) electrons. The zero-order valence-corrected chi connectivity index (χ0v) is 16.4. The van der Waals surface area contributed by atoms with E-state index in [-0.39, 0.29) is 17.8 Å². The van der Waals surface area contributed by atoms with E-state index < -0.39 is 0 Å². The minimum Gasteiger partial charge on any atom is -0.369 e. The van der Waals surface area contributed by atoms with Gasteiger partial charge >= 0.3 is 0 Å². The molecule has 2 aromatic carbocycles. The van der Waals surface area contributed by atoms with E-state index in [1.807, 2.05) is 6.07 Å². The van der Waals surface area contributed by atoms with E-state index in [1.165, 1.54) is 23.9 Å². The second-order valence-electron chi connectivity index (χ2n) is 6.54. The number of halogens is 2. The van der Waals surface area contributed by atoms with Gasteiger partial charge in [-0.3, -0.25) is 9.69 Å². The Morgan fingerprint density at radius 1 is 1.15 bits per heavy atom. The zero-order chi connectivity index (χ0) is 18.5. The average Bonchev–Trinajstić information content (AvgIpc) is 2.66.